The summed E-state index contributed by atoms with van der Waals surface area (Å²) in [6.07, 6.45) is -1.00. The summed E-state index contributed by atoms with van der Waals surface area (Å²) in [4.78, 5) is 33.0. The summed E-state index contributed by atoms with van der Waals surface area (Å²) in [5, 5.41) is 33.0. The number of hydrogen-bond donors (Lipinski definition) is 0. The molecule has 0 N–H and O–H groups in total. The standard InChI is InChI=1S/C15H18O7/c1-2-7-22-11-5-3-10(4-6-11)8-15(13(18)19,14(20)21)9-12(16)17/h3-6H,2,7-9H2,1H3,(H,16,17)(H,18,19)(H,20,21)/p-3. The van der Waals surface area contributed by atoms with Crippen molar-refractivity contribution in [2.45, 2.75) is 26.2 Å². The SMILES string of the molecule is CCCOc1ccc(CC(CC(=O)[O-])(C(=O)[O-])C(=O)[O-])cc1. The van der Waals surface area contributed by atoms with Crippen molar-refractivity contribution in [3.05, 3.63) is 29.8 Å². The van der Waals surface area contributed by atoms with Crippen LogP contribution in [-0.4, -0.2) is 24.5 Å². The molecule has 0 saturated heterocycles. The number of ether oxygens (including phenoxy) is 1. The van der Waals surface area contributed by atoms with Crippen molar-refractivity contribution in [2.24, 2.45) is 5.41 Å². The number of carboxylic acid groups (broad SMARTS) is 3. The molecule has 0 atom stereocenters. The minimum absolute atomic E-state index is 0.304. The molecule has 0 aliphatic carbocycles. The third kappa shape index (κ3) is 4.21. The molecule has 7 nitrogen and oxygen atoms in total. The van der Waals surface area contributed by atoms with E-state index in [1.807, 2.05) is 6.92 Å². The van der Waals surface area contributed by atoms with Gasteiger partial charge in [0.25, 0.3) is 0 Å². The Morgan fingerprint density at radius 2 is 1.59 bits per heavy atom. The Balaban J connectivity index is 3.01. The molecule has 0 heterocycles. The molecule has 0 saturated carbocycles. The molecular weight excluding hydrogens is 292 g/mol. The zero-order valence-corrected chi connectivity index (χ0v) is 12.0. The number of carboxylic acids is 3. The molecule has 0 unspecified atom stereocenters. The average Bonchev–Trinajstić information content (AvgIpc) is 2.44. The fourth-order valence-electron chi connectivity index (χ4n) is 1.95. The third-order valence-electron chi connectivity index (χ3n) is 3.13. The maximum Gasteiger partial charge on any atom is 0.119 e. The summed E-state index contributed by atoms with van der Waals surface area (Å²) in [5.74, 6) is -5.32. The Kier molecular flexibility index (Phi) is 5.91. The number of carbonyl (C=O) groups excluding carboxylic acids is 3. The zero-order chi connectivity index (χ0) is 16.8. The molecule has 0 bridgehead atoms. The zero-order valence-electron chi connectivity index (χ0n) is 12.0. The molecule has 0 aromatic heterocycles. The monoisotopic (exact) mass is 307 g/mol. The van der Waals surface area contributed by atoms with Crippen LogP contribution in [0.2, 0.25) is 0 Å². The van der Waals surface area contributed by atoms with Crippen LogP contribution in [0.4, 0.5) is 0 Å². The van der Waals surface area contributed by atoms with E-state index in [2.05, 4.69) is 0 Å². The fraction of sp³-hybridized carbons (Fsp3) is 0.400. The molecule has 22 heavy (non-hydrogen) atoms. The molecule has 1 aromatic carbocycles. The van der Waals surface area contributed by atoms with Crippen molar-refractivity contribution in [1.29, 1.82) is 0 Å². The quantitative estimate of drug-likeness (QED) is 0.467. The largest absolute Gasteiger partial charge is 0.550 e. The molecule has 0 aliphatic rings. The van der Waals surface area contributed by atoms with E-state index >= 15 is 0 Å². The minimum atomic E-state index is -2.68. The van der Waals surface area contributed by atoms with E-state index in [0.29, 0.717) is 17.9 Å². The lowest BCUT2D eigenvalue weighted by Crippen LogP contribution is -2.57. The first-order valence-corrected chi connectivity index (χ1v) is 6.66. The van der Waals surface area contributed by atoms with Crippen molar-refractivity contribution in [2.75, 3.05) is 6.61 Å². The topological polar surface area (TPSA) is 130 Å². The summed E-state index contributed by atoms with van der Waals surface area (Å²) < 4.78 is 5.34. The van der Waals surface area contributed by atoms with Crippen LogP contribution in [0.1, 0.15) is 25.3 Å². The molecule has 0 radical (unpaired) electrons. The van der Waals surface area contributed by atoms with E-state index in [1.54, 1.807) is 12.1 Å². The Morgan fingerprint density at radius 3 is 2.00 bits per heavy atom. The van der Waals surface area contributed by atoms with Gasteiger partial charge in [-0.15, -0.1) is 0 Å². The lowest BCUT2D eigenvalue weighted by Gasteiger charge is -2.36. The second-order valence-corrected chi connectivity index (χ2v) is 4.87. The molecule has 0 amide bonds. The molecular formula is C15H15O7-3. The van der Waals surface area contributed by atoms with E-state index in [9.17, 15) is 29.7 Å². The number of benzene rings is 1. The fourth-order valence-corrected chi connectivity index (χ4v) is 1.95. The maximum atomic E-state index is 11.2. The highest BCUT2D eigenvalue weighted by Gasteiger charge is 2.34. The first-order valence-electron chi connectivity index (χ1n) is 6.66. The van der Waals surface area contributed by atoms with Gasteiger partial charge in [-0.05, 0) is 30.5 Å². The van der Waals surface area contributed by atoms with E-state index in [4.69, 9.17) is 4.74 Å². The summed E-state index contributed by atoms with van der Waals surface area (Å²) in [6.45, 7) is 2.44. The molecule has 1 rings (SSSR count). The Hall–Kier alpha value is -2.57. The molecule has 120 valence electrons. The Labute approximate surface area is 127 Å². The van der Waals surface area contributed by atoms with Crippen LogP contribution >= 0.6 is 0 Å². The molecule has 1 aromatic rings. The summed E-state index contributed by atoms with van der Waals surface area (Å²) in [7, 11) is 0. The second kappa shape index (κ2) is 7.44. The van der Waals surface area contributed by atoms with Crippen molar-refractivity contribution in [1.82, 2.24) is 0 Å². The van der Waals surface area contributed by atoms with E-state index in [-0.39, 0.29) is 0 Å². The third-order valence-corrected chi connectivity index (χ3v) is 3.13. The maximum absolute atomic E-state index is 11.2. The van der Waals surface area contributed by atoms with Gasteiger partial charge < -0.3 is 34.4 Å². The Morgan fingerprint density at radius 1 is 1.05 bits per heavy atom. The van der Waals surface area contributed by atoms with E-state index in [1.165, 1.54) is 12.1 Å². The van der Waals surface area contributed by atoms with Crippen LogP contribution in [0.3, 0.4) is 0 Å². The van der Waals surface area contributed by atoms with Gasteiger partial charge >= 0.3 is 0 Å². The molecule has 0 aliphatic heterocycles. The van der Waals surface area contributed by atoms with Crippen molar-refractivity contribution in [3.8, 4) is 5.75 Å². The van der Waals surface area contributed by atoms with Gasteiger partial charge in [-0.2, -0.15) is 0 Å². The van der Waals surface area contributed by atoms with Gasteiger partial charge in [0.1, 0.15) is 5.75 Å². The van der Waals surface area contributed by atoms with E-state index in [0.717, 1.165) is 6.42 Å². The van der Waals surface area contributed by atoms with Crippen LogP contribution in [0, 0.1) is 5.41 Å². The molecule has 7 heteroatoms. The van der Waals surface area contributed by atoms with Gasteiger partial charge in [0, 0.05) is 12.4 Å². The summed E-state index contributed by atoms with van der Waals surface area (Å²) in [5.41, 5.74) is -2.37. The normalized spacial score (nSPS) is 11.0. The van der Waals surface area contributed by atoms with Crippen LogP contribution in [0.15, 0.2) is 24.3 Å². The predicted molar refractivity (Wildman–Crippen MR) is 68.0 cm³/mol. The van der Waals surface area contributed by atoms with Gasteiger partial charge in [0.2, 0.25) is 0 Å². The van der Waals surface area contributed by atoms with Crippen LogP contribution < -0.4 is 20.1 Å². The smallest absolute Gasteiger partial charge is 0.119 e. The summed E-state index contributed by atoms with van der Waals surface area (Å²) >= 11 is 0. The first kappa shape index (κ1) is 17.5. The predicted octanol–water partition coefficient (Wildman–Crippen LogP) is -2.36. The van der Waals surface area contributed by atoms with Crippen molar-refractivity contribution < 1.29 is 34.4 Å². The van der Waals surface area contributed by atoms with E-state index < -0.39 is 36.2 Å². The highest BCUT2D eigenvalue weighted by molar-refractivity contribution is 5.99. The van der Waals surface area contributed by atoms with Crippen LogP contribution in [0.25, 0.3) is 0 Å². The molecule has 0 fully saturated rings. The number of aliphatic carboxylic acids is 3. The lowest BCUT2D eigenvalue weighted by molar-refractivity contribution is -0.349. The highest BCUT2D eigenvalue weighted by atomic mass is 16.5. The number of rotatable bonds is 9. The van der Waals surface area contributed by atoms with Crippen LogP contribution in [0.5, 0.6) is 5.75 Å². The second-order valence-electron chi connectivity index (χ2n) is 4.87. The van der Waals surface area contributed by atoms with Gasteiger partial charge in [0.05, 0.1) is 24.0 Å². The minimum Gasteiger partial charge on any atom is -0.550 e. The van der Waals surface area contributed by atoms with Crippen LogP contribution in [-0.2, 0) is 20.8 Å². The number of hydrogen-bond acceptors (Lipinski definition) is 7. The average molecular weight is 307 g/mol. The Bertz CT molecular complexity index is 534. The number of carbonyl (C=O) groups is 3. The first-order chi connectivity index (χ1) is 10.3. The van der Waals surface area contributed by atoms with Gasteiger partial charge in [0.15, 0.2) is 0 Å². The van der Waals surface area contributed by atoms with Crippen molar-refractivity contribution in [3.63, 3.8) is 0 Å². The molecule has 0 spiro atoms. The van der Waals surface area contributed by atoms with Crippen molar-refractivity contribution >= 4 is 17.9 Å². The van der Waals surface area contributed by atoms with Gasteiger partial charge in [-0.3, -0.25) is 0 Å². The summed E-state index contributed by atoms with van der Waals surface area (Å²) in [6, 6.07) is 6.00. The highest BCUT2D eigenvalue weighted by Crippen LogP contribution is 2.27. The van der Waals surface area contributed by atoms with Gasteiger partial charge in [-0.1, -0.05) is 19.1 Å². The lowest BCUT2D eigenvalue weighted by atomic mass is 9.78. The van der Waals surface area contributed by atoms with Gasteiger partial charge in [-0.25, -0.2) is 0 Å².